The molecule has 142 valence electrons. The third kappa shape index (κ3) is 4.47. The van der Waals surface area contributed by atoms with Gasteiger partial charge in [-0.05, 0) is 47.9 Å². The van der Waals surface area contributed by atoms with E-state index in [1.807, 2.05) is 84.9 Å². The first-order valence-corrected chi connectivity index (χ1v) is 9.26. The summed E-state index contributed by atoms with van der Waals surface area (Å²) in [6, 6.07) is 31.4. The molecule has 1 N–H and O–H groups in total. The lowest BCUT2D eigenvalue weighted by Crippen LogP contribution is -2.01. The van der Waals surface area contributed by atoms with E-state index in [0.29, 0.717) is 5.84 Å². The Hall–Kier alpha value is -3.99. The first-order valence-electron chi connectivity index (χ1n) is 9.26. The van der Waals surface area contributed by atoms with Gasteiger partial charge in [0.25, 0.3) is 0 Å². The maximum absolute atomic E-state index is 5.25. The first-order chi connectivity index (χ1) is 14.3. The van der Waals surface area contributed by atoms with Crippen molar-refractivity contribution in [1.82, 2.24) is 0 Å². The number of nitrogens with one attached hydrogen (secondary N) is 1. The summed E-state index contributed by atoms with van der Waals surface area (Å²) in [6.45, 7) is 0. The van der Waals surface area contributed by atoms with Crippen molar-refractivity contribution in [2.75, 3.05) is 12.5 Å². The second-order valence-corrected chi connectivity index (χ2v) is 6.34. The van der Waals surface area contributed by atoms with Crippen LogP contribution in [0.15, 0.2) is 112 Å². The van der Waals surface area contributed by atoms with E-state index in [0.717, 1.165) is 33.5 Å². The maximum atomic E-state index is 5.25. The molecular weight excluding hydrogens is 360 g/mol. The lowest BCUT2D eigenvalue weighted by molar-refractivity contribution is 0.415. The third-order valence-electron chi connectivity index (χ3n) is 4.43. The van der Waals surface area contributed by atoms with E-state index in [9.17, 15) is 0 Å². The number of benzene rings is 4. The second kappa shape index (κ2) is 8.80. The van der Waals surface area contributed by atoms with Crippen molar-refractivity contribution in [2.45, 2.75) is 0 Å². The molecule has 29 heavy (non-hydrogen) atoms. The number of rotatable bonds is 5. The van der Waals surface area contributed by atoms with Crippen LogP contribution in [0.2, 0.25) is 0 Å². The van der Waals surface area contributed by atoms with Crippen LogP contribution in [0.25, 0.3) is 10.8 Å². The largest absolute Gasteiger partial charge is 0.497 e. The van der Waals surface area contributed by atoms with Crippen molar-refractivity contribution >= 4 is 28.0 Å². The Morgan fingerprint density at radius 3 is 2.28 bits per heavy atom. The Kier molecular flexibility index (Phi) is 5.58. The molecule has 0 aliphatic heterocycles. The molecule has 4 aromatic rings. The Labute approximate surface area is 169 Å². The van der Waals surface area contributed by atoms with Crippen molar-refractivity contribution in [2.24, 2.45) is 15.3 Å². The summed E-state index contributed by atoms with van der Waals surface area (Å²) in [5.41, 5.74) is 5.55. The van der Waals surface area contributed by atoms with Crippen LogP contribution < -0.4 is 10.2 Å². The highest BCUT2D eigenvalue weighted by molar-refractivity contribution is 6.00. The second-order valence-electron chi connectivity index (χ2n) is 6.34. The summed E-state index contributed by atoms with van der Waals surface area (Å²) in [5.74, 6) is 1.25. The Bertz CT molecular complexity index is 1150. The quantitative estimate of drug-likeness (QED) is 0.188. The van der Waals surface area contributed by atoms with E-state index < -0.39 is 0 Å². The van der Waals surface area contributed by atoms with Crippen LogP contribution in [0.3, 0.4) is 0 Å². The zero-order chi connectivity index (χ0) is 19.9. The van der Waals surface area contributed by atoms with Crippen LogP contribution in [-0.4, -0.2) is 12.9 Å². The number of fused-ring (bicyclic) bond motifs is 1. The summed E-state index contributed by atoms with van der Waals surface area (Å²) in [6.07, 6.45) is 0. The summed E-state index contributed by atoms with van der Waals surface area (Å²) < 4.78 is 5.25. The average molecular weight is 380 g/mol. The zero-order valence-electron chi connectivity index (χ0n) is 16.0. The zero-order valence-corrected chi connectivity index (χ0v) is 16.0. The number of azo groups is 1. The minimum atomic E-state index is 0.476. The minimum absolute atomic E-state index is 0.476. The van der Waals surface area contributed by atoms with Crippen molar-refractivity contribution in [1.29, 1.82) is 0 Å². The van der Waals surface area contributed by atoms with Crippen LogP contribution in [0.1, 0.15) is 5.56 Å². The molecule has 4 aromatic carbocycles. The highest BCUT2D eigenvalue weighted by Gasteiger charge is 2.05. The van der Waals surface area contributed by atoms with Crippen LogP contribution in [-0.2, 0) is 0 Å². The van der Waals surface area contributed by atoms with Gasteiger partial charge in [-0.25, -0.2) is 0 Å². The van der Waals surface area contributed by atoms with Crippen molar-refractivity contribution < 1.29 is 4.74 Å². The number of para-hydroxylation sites is 1. The summed E-state index contributed by atoms with van der Waals surface area (Å²) in [4.78, 5) is 0. The number of ether oxygens (including phenoxy) is 1. The van der Waals surface area contributed by atoms with Gasteiger partial charge in [0.1, 0.15) is 5.75 Å². The monoisotopic (exact) mass is 380 g/mol. The van der Waals surface area contributed by atoms with Crippen molar-refractivity contribution in [3.63, 3.8) is 0 Å². The number of hydrazone groups is 1. The van der Waals surface area contributed by atoms with E-state index in [-0.39, 0.29) is 0 Å². The van der Waals surface area contributed by atoms with E-state index in [1.165, 1.54) is 0 Å². The molecule has 0 aromatic heterocycles. The highest BCUT2D eigenvalue weighted by Crippen LogP contribution is 2.26. The van der Waals surface area contributed by atoms with Gasteiger partial charge >= 0.3 is 0 Å². The van der Waals surface area contributed by atoms with E-state index in [1.54, 1.807) is 7.11 Å². The normalized spacial score (nSPS) is 11.7. The van der Waals surface area contributed by atoms with Crippen LogP contribution in [0, 0.1) is 0 Å². The highest BCUT2D eigenvalue weighted by atomic mass is 16.5. The lowest BCUT2D eigenvalue weighted by Gasteiger charge is -2.05. The maximum Gasteiger partial charge on any atom is 0.201 e. The molecule has 0 radical (unpaired) electrons. The van der Waals surface area contributed by atoms with Gasteiger partial charge in [-0.3, -0.25) is 5.43 Å². The Morgan fingerprint density at radius 1 is 0.759 bits per heavy atom. The number of hydrogen-bond donors (Lipinski definition) is 1. The van der Waals surface area contributed by atoms with Gasteiger partial charge in [0.05, 0.1) is 18.5 Å². The standard InChI is InChI=1S/C24H20N4O/c1-29-21-16-14-19(15-17-21)24(27-25-20-10-3-2-4-11-20)28-26-23-13-7-9-18-8-5-6-12-22(18)23/h2-17,25H,1H3/b27-24-,28-26?. The molecule has 0 aliphatic rings. The number of nitrogens with zero attached hydrogens (tertiary/aromatic N) is 3. The Balaban J connectivity index is 1.69. The number of methoxy groups -OCH3 is 1. The molecule has 5 nitrogen and oxygen atoms in total. The SMILES string of the molecule is COc1ccc(/C(N=Nc2cccc3ccccc23)=N/Nc2ccccc2)cc1. The lowest BCUT2D eigenvalue weighted by atomic mass is 10.1. The summed E-state index contributed by atoms with van der Waals surface area (Å²) in [7, 11) is 1.64. The van der Waals surface area contributed by atoms with E-state index in [4.69, 9.17) is 4.74 Å². The van der Waals surface area contributed by atoms with Gasteiger partial charge in [0.15, 0.2) is 0 Å². The number of amidine groups is 1. The topological polar surface area (TPSA) is 58.3 Å². The molecule has 0 bridgehead atoms. The Morgan fingerprint density at radius 2 is 1.48 bits per heavy atom. The molecule has 0 unspecified atom stereocenters. The fourth-order valence-corrected chi connectivity index (χ4v) is 2.91. The number of hydrogen-bond acceptors (Lipinski definition) is 4. The molecule has 0 atom stereocenters. The van der Waals surface area contributed by atoms with Crippen LogP contribution in [0.5, 0.6) is 5.75 Å². The van der Waals surface area contributed by atoms with Crippen molar-refractivity contribution in [3.8, 4) is 5.75 Å². The predicted molar refractivity (Wildman–Crippen MR) is 118 cm³/mol. The molecule has 0 heterocycles. The van der Waals surface area contributed by atoms with E-state index in [2.05, 4.69) is 32.9 Å². The van der Waals surface area contributed by atoms with Crippen molar-refractivity contribution in [3.05, 3.63) is 103 Å². The molecule has 0 spiro atoms. The summed E-state index contributed by atoms with van der Waals surface area (Å²) >= 11 is 0. The molecule has 0 aliphatic carbocycles. The van der Waals surface area contributed by atoms with Gasteiger partial charge in [0, 0.05) is 10.9 Å². The van der Waals surface area contributed by atoms with Gasteiger partial charge in [0.2, 0.25) is 5.84 Å². The molecule has 0 saturated carbocycles. The molecular formula is C24H20N4O. The fraction of sp³-hybridized carbons (Fsp3) is 0.0417. The van der Waals surface area contributed by atoms with Gasteiger partial charge < -0.3 is 4.74 Å². The smallest absolute Gasteiger partial charge is 0.201 e. The molecule has 0 amide bonds. The van der Waals surface area contributed by atoms with Crippen LogP contribution in [0.4, 0.5) is 11.4 Å². The van der Waals surface area contributed by atoms with Gasteiger partial charge in [-0.1, -0.05) is 54.6 Å². The number of anilines is 1. The van der Waals surface area contributed by atoms with Gasteiger partial charge in [-0.15, -0.1) is 10.2 Å². The summed E-state index contributed by atoms with van der Waals surface area (Å²) in [5, 5.41) is 15.6. The van der Waals surface area contributed by atoms with E-state index >= 15 is 0 Å². The van der Waals surface area contributed by atoms with Crippen LogP contribution >= 0.6 is 0 Å². The molecule has 5 heteroatoms. The minimum Gasteiger partial charge on any atom is -0.497 e. The molecule has 4 rings (SSSR count). The first kappa shape index (κ1) is 18.4. The fourth-order valence-electron chi connectivity index (χ4n) is 2.91. The molecule has 0 fully saturated rings. The average Bonchev–Trinajstić information content (AvgIpc) is 2.80. The van der Waals surface area contributed by atoms with Gasteiger partial charge in [-0.2, -0.15) is 5.10 Å². The third-order valence-corrected chi connectivity index (χ3v) is 4.43. The predicted octanol–water partition coefficient (Wildman–Crippen LogP) is 6.41. The molecule has 0 saturated heterocycles.